The number of thiophene rings is 1. The largest absolute Gasteiger partial charge is 0.365 e. The Bertz CT molecular complexity index is 1430. The number of aryl methyl sites for hydroxylation is 3. The first kappa shape index (κ1) is 22.2. The van der Waals surface area contributed by atoms with Crippen molar-refractivity contribution in [1.82, 2.24) is 9.97 Å². The fourth-order valence-corrected chi connectivity index (χ4v) is 5.91. The summed E-state index contributed by atoms with van der Waals surface area (Å²) in [5, 5.41) is 4.32. The Morgan fingerprint density at radius 2 is 1.85 bits per heavy atom. The predicted octanol–water partition coefficient (Wildman–Crippen LogP) is 5.60. The van der Waals surface area contributed by atoms with Gasteiger partial charge in [-0.05, 0) is 74.4 Å². The molecule has 1 aromatic carbocycles. The van der Waals surface area contributed by atoms with E-state index in [4.69, 9.17) is 10.7 Å². The van der Waals surface area contributed by atoms with Gasteiger partial charge >= 0.3 is 0 Å². The highest BCUT2D eigenvalue weighted by molar-refractivity contribution is 7.17. The van der Waals surface area contributed by atoms with Crippen LogP contribution in [-0.4, -0.2) is 21.8 Å². The minimum atomic E-state index is -0.491. The molecule has 0 atom stereocenters. The standard InChI is InChI=1S/C27H26N4O2S/c1-15-11-12-17-19(14-21(30-24(17)16(15)2)20-9-6-7-13-29-20)26(33)31-27-23(25(28)32)18-8-4-3-5-10-22(18)34-27/h6-7,9,11-14H,3-5,8,10H2,1-2H3,(H2,28,32)(H,31,33). The van der Waals surface area contributed by atoms with E-state index in [1.807, 2.05) is 44.2 Å². The highest BCUT2D eigenvalue weighted by atomic mass is 32.1. The molecule has 7 heteroatoms. The third kappa shape index (κ3) is 3.96. The van der Waals surface area contributed by atoms with Gasteiger partial charge in [-0.15, -0.1) is 11.3 Å². The molecule has 3 N–H and O–H groups in total. The van der Waals surface area contributed by atoms with E-state index >= 15 is 0 Å². The molecule has 2 amide bonds. The lowest BCUT2D eigenvalue weighted by Gasteiger charge is -2.13. The third-order valence-corrected chi connectivity index (χ3v) is 7.78. The van der Waals surface area contributed by atoms with E-state index in [-0.39, 0.29) is 5.91 Å². The number of nitrogens with two attached hydrogens (primary N) is 1. The molecule has 0 bridgehead atoms. The third-order valence-electron chi connectivity index (χ3n) is 6.57. The molecule has 4 aromatic rings. The van der Waals surface area contributed by atoms with Crippen molar-refractivity contribution in [2.45, 2.75) is 46.0 Å². The normalized spacial score (nSPS) is 13.4. The number of hydrogen-bond acceptors (Lipinski definition) is 5. The van der Waals surface area contributed by atoms with E-state index in [2.05, 4.69) is 10.3 Å². The van der Waals surface area contributed by atoms with Crippen LogP contribution in [0.3, 0.4) is 0 Å². The highest BCUT2D eigenvalue weighted by Gasteiger charge is 2.25. The average Bonchev–Trinajstić information content (AvgIpc) is 3.02. The summed E-state index contributed by atoms with van der Waals surface area (Å²) in [5.41, 5.74) is 11.9. The van der Waals surface area contributed by atoms with Gasteiger partial charge in [-0.25, -0.2) is 4.98 Å². The molecule has 0 saturated carbocycles. The number of benzene rings is 1. The number of primary amides is 1. The molecule has 0 spiro atoms. The van der Waals surface area contributed by atoms with Gasteiger partial charge in [0.15, 0.2) is 0 Å². The predicted molar refractivity (Wildman–Crippen MR) is 136 cm³/mol. The number of pyridine rings is 2. The molecule has 0 fully saturated rings. The summed E-state index contributed by atoms with van der Waals surface area (Å²) in [6.07, 6.45) is 6.69. The van der Waals surface area contributed by atoms with E-state index in [1.54, 1.807) is 12.3 Å². The molecule has 0 radical (unpaired) electrons. The fourth-order valence-electron chi connectivity index (χ4n) is 4.62. The SMILES string of the molecule is Cc1ccc2c(C(=O)Nc3sc4c(c3C(N)=O)CCCCC4)cc(-c3ccccn3)nc2c1C. The number of fused-ring (bicyclic) bond motifs is 2. The second kappa shape index (κ2) is 8.99. The fraction of sp³-hybridized carbons (Fsp3) is 0.259. The quantitative estimate of drug-likeness (QED) is 0.380. The molecule has 3 aromatic heterocycles. The van der Waals surface area contributed by atoms with Gasteiger partial charge in [0.2, 0.25) is 0 Å². The minimum absolute atomic E-state index is 0.285. The van der Waals surface area contributed by atoms with E-state index < -0.39 is 5.91 Å². The lowest BCUT2D eigenvalue weighted by atomic mass is 9.99. The van der Waals surface area contributed by atoms with Crippen molar-refractivity contribution in [1.29, 1.82) is 0 Å². The van der Waals surface area contributed by atoms with Crippen molar-refractivity contribution in [2.24, 2.45) is 5.73 Å². The average molecular weight is 471 g/mol. The number of nitrogens with zero attached hydrogens (tertiary/aromatic N) is 2. The van der Waals surface area contributed by atoms with Crippen LogP contribution in [0.15, 0.2) is 42.6 Å². The zero-order valence-electron chi connectivity index (χ0n) is 19.3. The summed E-state index contributed by atoms with van der Waals surface area (Å²) < 4.78 is 0. The number of nitrogens with one attached hydrogen (secondary N) is 1. The summed E-state index contributed by atoms with van der Waals surface area (Å²) >= 11 is 1.48. The number of rotatable bonds is 4. The van der Waals surface area contributed by atoms with E-state index in [0.717, 1.165) is 64.6 Å². The van der Waals surface area contributed by atoms with Gasteiger partial charge in [0.1, 0.15) is 5.00 Å². The second-order valence-electron chi connectivity index (χ2n) is 8.76. The summed E-state index contributed by atoms with van der Waals surface area (Å²) in [6.45, 7) is 4.04. The van der Waals surface area contributed by atoms with Gasteiger partial charge in [0.05, 0.1) is 28.0 Å². The van der Waals surface area contributed by atoms with Gasteiger partial charge < -0.3 is 11.1 Å². The molecule has 1 aliphatic rings. The summed E-state index contributed by atoms with van der Waals surface area (Å²) in [6, 6.07) is 11.3. The van der Waals surface area contributed by atoms with Crippen LogP contribution in [0.4, 0.5) is 5.00 Å². The van der Waals surface area contributed by atoms with Crippen LogP contribution < -0.4 is 11.1 Å². The summed E-state index contributed by atoms with van der Waals surface area (Å²) in [4.78, 5) is 36.5. The van der Waals surface area contributed by atoms with Crippen LogP contribution in [0.2, 0.25) is 0 Å². The summed E-state index contributed by atoms with van der Waals surface area (Å²) in [7, 11) is 0. The molecule has 172 valence electrons. The topological polar surface area (TPSA) is 98.0 Å². The van der Waals surface area contributed by atoms with Crippen LogP contribution >= 0.6 is 11.3 Å². The molecule has 1 aliphatic carbocycles. The molecule has 34 heavy (non-hydrogen) atoms. The van der Waals surface area contributed by atoms with Crippen molar-refractivity contribution >= 4 is 39.1 Å². The van der Waals surface area contributed by atoms with Crippen LogP contribution in [-0.2, 0) is 12.8 Å². The highest BCUT2D eigenvalue weighted by Crippen LogP contribution is 2.38. The van der Waals surface area contributed by atoms with Gasteiger partial charge in [0.25, 0.3) is 11.8 Å². The van der Waals surface area contributed by atoms with Crippen molar-refractivity contribution in [3.63, 3.8) is 0 Å². The molecule has 0 saturated heterocycles. The molecule has 0 unspecified atom stereocenters. The van der Waals surface area contributed by atoms with E-state index in [1.165, 1.54) is 11.3 Å². The Morgan fingerprint density at radius 3 is 2.62 bits per heavy atom. The zero-order valence-corrected chi connectivity index (χ0v) is 20.1. The van der Waals surface area contributed by atoms with Crippen molar-refractivity contribution in [3.05, 3.63) is 75.3 Å². The molecular formula is C27H26N4O2S. The number of carbonyl (C=O) groups is 2. The number of anilines is 1. The lowest BCUT2D eigenvalue weighted by Crippen LogP contribution is -2.18. The van der Waals surface area contributed by atoms with Crippen molar-refractivity contribution in [3.8, 4) is 11.4 Å². The van der Waals surface area contributed by atoms with Gasteiger partial charge in [-0.1, -0.05) is 24.6 Å². The smallest absolute Gasteiger partial charge is 0.257 e. The number of hydrogen-bond donors (Lipinski definition) is 2. The van der Waals surface area contributed by atoms with Crippen LogP contribution in [0.1, 0.15) is 61.5 Å². The monoisotopic (exact) mass is 470 g/mol. The maximum absolute atomic E-state index is 13.7. The van der Waals surface area contributed by atoms with Crippen LogP contribution in [0.5, 0.6) is 0 Å². The Balaban J connectivity index is 1.63. The number of aromatic nitrogens is 2. The maximum atomic E-state index is 13.7. The Hall–Kier alpha value is -3.58. The van der Waals surface area contributed by atoms with Crippen LogP contribution in [0, 0.1) is 13.8 Å². The molecule has 0 aliphatic heterocycles. The molecular weight excluding hydrogens is 444 g/mol. The van der Waals surface area contributed by atoms with Crippen LogP contribution in [0.25, 0.3) is 22.3 Å². The zero-order chi connectivity index (χ0) is 23.8. The number of carbonyl (C=O) groups excluding carboxylic acids is 2. The molecule has 3 heterocycles. The first-order valence-corrected chi connectivity index (χ1v) is 12.3. The first-order chi connectivity index (χ1) is 16.4. The van der Waals surface area contributed by atoms with E-state index in [9.17, 15) is 9.59 Å². The minimum Gasteiger partial charge on any atom is -0.365 e. The Kier molecular flexibility index (Phi) is 5.87. The Labute approximate surface area is 202 Å². The number of amides is 2. The van der Waals surface area contributed by atoms with Crippen molar-refractivity contribution in [2.75, 3.05) is 5.32 Å². The maximum Gasteiger partial charge on any atom is 0.257 e. The van der Waals surface area contributed by atoms with Crippen molar-refractivity contribution < 1.29 is 9.59 Å². The molecule has 6 nitrogen and oxygen atoms in total. The van der Waals surface area contributed by atoms with Gasteiger partial charge in [-0.3, -0.25) is 14.6 Å². The molecule has 5 rings (SSSR count). The van der Waals surface area contributed by atoms with E-state index in [0.29, 0.717) is 27.5 Å². The Morgan fingerprint density at radius 1 is 1.03 bits per heavy atom. The second-order valence-corrected chi connectivity index (χ2v) is 9.87. The first-order valence-electron chi connectivity index (χ1n) is 11.5. The lowest BCUT2D eigenvalue weighted by molar-refractivity contribution is 0.100. The summed E-state index contributed by atoms with van der Waals surface area (Å²) in [5.74, 6) is -0.776. The van der Waals surface area contributed by atoms with Gasteiger partial charge in [-0.2, -0.15) is 0 Å². The van der Waals surface area contributed by atoms with Gasteiger partial charge in [0, 0.05) is 16.5 Å².